The first kappa shape index (κ1) is 9.20. The molecule has 0 aromatic heterocycles. The maximum atomic E-state index is 7.75. The molecule has 0 heterocycles. The van der Waals surface area contributed by atoms with Gasteiger partial charge in [0.15, 0.2) is 0 Å². The molecule has 0 aromatic carbocycles. The molecule has 0 rings (SSSR count). The van der Waals surface area contributed by atoms with E-state index in [1.54, 1.807) is 0 Å². The summed E-state index contributed by atoms with van der Waals surface area (Å²) in [5.41, 5.74) is 0. The largest absolute Gasteiger partial charge is 0.566 e. The van der Waals surface area contributed by atoms with Crippen LogP contribution >= 0.6 is 0 Å². The van der Waals surface area contributed by atoms with E-state index in [4.69, 9.17) is 5.11 Å². The van der Waals surface area contributed by atoms with Crippen molar-refractivity contribution in [3.05, 3.63) is 6.61 Å². The molecular formula is C3H7NbO-. The van der Waals surface area contributed by atoms with Crippen LogP contribution in [0.25, 0.3) is 0 Å². The Bertz CT molecular complexity index is 8.85. The van der Waals surface area contributed by atoms with E-state index in [9.17, 15) is 0 Å². The SMILES string of the molecule is CC[CH-]O.[Nb]. The molecule has 2 heteroatoms. The molecule has 0 aliphatic rings. The van der Waals surface area contributed by atoms with E-state index in [0.29, 0.717) is 0 Å². The maximum absolute atomic E-state index is 7.75. The molecule has 0 aliphatic carbocycles. The van der Waals surface area contributed by atoms with Gasteiger partial charge in [-0.3, -0.25) is 0 Å². The zero-order valence-electron chi connectivity index (χ0n) is 3.18. The molecule has 0 bridgehead atoms. The van der Waals surface area contributed by atoms with Crippen LogP contribution in [0.15, 0.2) is 0 Å². The van der Waals surface area contributed by atoms with E-state index in [1.807, 2.05) is 6.92 Å². The summed E-state index contributed by atoms with van der Waals surface area (Å²) in [5.74, 6) is 0. The Morgan fingerprint density at radius 1 is 1.80 bits per heavy atom. The van der Waals surface area contributed by atoms with E-state index in [0.717, 1.165) is 13.0 Å². The van der Waals surface area contributed by atoms with Gasteiger partial charge in [-0.25, -0.2) is 6.61 Å². The van der Waals surface area contributed by atoms with Gasteiger partial charge in [-0.1, -0.05) is 6.92 Å². The Labute approximate surface area is 47.9 Å². The Kier molecular flexibility index (Phi) is 16.2. The van der Waals surface area contributed by atoms with Crippen molar-refractivity contribution in [2.45, 2.75) is 13.3 Å². The zero-order valence-corrected chi connectivity index (χ0v) is 5.38. The monoisotopic (exact) mass is 152 g/mol. The van der Waals surface area contributed by atoms with Crippen LogP contribution in [0.3, 0.4) is 0 Å². The summed E-state index contributed by atoms with van der Waals surface area (Å²) in [6.07, 6.45) is 0.750. The molecule has 0 aromatic rings. The molecule has 1 N–H and O–H groups in total. The minimum Gasteiger partial charge on any atom is -0.566 e. The molecule has 0 atom stereocenters. The van der Waals surface area contributed by atoms with Gasteiger partial charge in [0.2, 0.25) is 0 Å². The molecule has 1 nitrogen and oxygen atoms in total. The predicted molar refractivity (Wildman–Crippen MR) is 16.5 cm³/mol. The van der Waals surface area contributed by atoms with Gasteiger partial charge in [0.1, 0.15) is 0 Å². The van der Waals surface area contributed by atoms with Gasteiger partial charge < -0.3 is 5.11 Å². The second kappa shape index (κ2) is 8.83. The standard InChI is InChI=1S/C3H7O.Nb/c1-2-3-4;/h3-4H,2H2,1H3;/q-1;. The van der Waals surface area contributed by atoms with E-state index in [1.165, 1.54) is 0 Å². The summed E-state index contributed by atoms with van der Waals surface area (Å²) in [6, 6.07) is 0. The van der Waals surface area contributed by atoms with Gasteiger partial charge in [0, 0.05) is 22.4 Å². The van der Waals surface area contributed by atoms with Crippen molar-refractivity contribution in [1.82, 2.24) is 0 Å². The molecule has 0 fully saturated rings. The van der Waals surface area contributed by atoms with Gasteiger partial charge in [0.05, 0.1) is 0 Å². The molecule has 1 radical (unpaired) electrons. The van der Waals surface area contributed by atoms with Crippen molar-refractivity contribution in [3.63, 3.8) is 0 Å². The second-order valence-electron chi connectivity index (χ2n) is 0.591. The molecule has 0 amide bonds. The molecule has 0 unspecified atom stereocenters. The van der Waals surface area contributed by atoms with Gasteiger partial charge in [0.25, 0.3) is 0 Å². The van der Waals surface area contributed by atoms with Gasteiger partial charge >= 0.3 is 0 Å². The first-order chi connectivity index (χ1) is 1.91. The normalized spacial score (nSPS) is 6.00. The number of rotatable bonds is 1. The first-order valence-corrected chi connectivity index (χ1v) is 1.37. The molecule has 0 saturated carbocycles. The Hall–Kier alpha value is 0.700. The second-order valence-corrected chi connectivity index (χ2v) is 0.591. The van der Waals surface area contributed by atoms with Crippen molar-refractivity contribution in [2.75, 3.05) is 0 Å². The van der Waals surface area contributed by atoms with E-state index < -0.39 is 0 Å². The van der Waals surface area contributed by atoms with E-state index in [2.05, 4.69) is 0 Å². The average Bonchev–Trinajstić information content (AvgIpc) is 1.37. The van der Waals surface area contributed by atoms with E-state index in [-0.39, 0.29) is 22.4 Å². The van der Waals surface area contributed by atoms with Crippen molar-refractivity contribution in [1.29, 1.82) is 0 Å². The third kappa shape index (κ3) is 11.9. The van der Waals surface area contributed by atoms with Crippen LogP contribution < -0.4 is 0 Å². The van der Waals surface area contributed by atoms with Crippen molar-refractivity contribution < 1.29 is 27.5 Å². The summed E-state index contributed by atoms with van der Waals surface area (Å²) in [5, 5.41) is 7.75. The van der Waals surface area contributed by atoms with Crippen LogP contribution in [-0.2, 0) is 22.4 Å². The topological polar surface area (TPSA) is 20.2 Å². The zero-order chi connectivity index (χ0) is 3.41. The fourth-order valence-electron chi connectivity index (χ4n) is 0. The number of aliphatic hydroxyl groups excluding tert-OH is 1. The van der Waals surface area contributed by atoms with Gasteiger partial charge in [-0.15, -0.1) is 0 Å². The minimum absolute atomic E-state index is 0. The summed E-state index contributed by atoms with van der Waals surface area (Å²) >= 11 is 0. The Morgan fingerprint density at radius 2 is 2.00 bits per heavy atom. The van der Waals surface area contributed by atoms with Crippen LogP contribution in [0.2, 0.25) is 0 Å². The molecule has 0 spiro atoms. The van der Waals surface area contributed by atoms with Crippen molar-refractivity contribution in [3.8, 4) is 0 Å². The molecule has 5 heavy (non-hydrogen) atoms. The van der Waals surface area contributed by atoms with Crippen LogP contribution in [0, 0.1) is 6.61 Å². The predicted octanol–water partition coefficient (Wildman–Crippen LogP) is 0.928. The third-order valence-corrected chi connectivity index (χ3v) is 0.183. The molecule has 0 aliphatic heterocycles. The molecular weight excluding hydrogens is 145 g/mol. The van der Waals surface area contributed by atoms with Gasteiger partial charge in [-0.05, 0) is 0 Å². The number of hydrogen-bond donors (Lipinski definition) is 1. The van der Waals surface area contributed by atoms with E-state index >= 15 is 0 Å². The fourth-order valence-corrected chi connectivity index (χ4v) is 0. The molecule has 0 saturated heterocycles. The summed E-state index contributed by atoms with van der Waals surface area (Å²) < 4.78 is 0. The summed E-state index contributed by atoms with van der Waals surface area (Å²) in [6.45, 7) is 3.00. The van der Waals surface area contributed by atoms with Gasteiger partial charge in [-0.2, -0.15) is 6.42 Å². The van der Waals surface area contributed by atoms with Crippen molar-refractivity contribution in [2.24, 2.45) is 0 Å². The van der Waals surface area contributed by atoms with Crippen LogP contribution in [0.1, 0.15) is 13.3 Å². The minimum atomic E-state index is 0. The Balaban J connectivity index is 0. The fraction of sp³-hybridized carbons (Fsp3) is 0.667. The van der Waals surface area contributed by atoms with Crippen LogP contribution in [-0.4, -0.2) is 5.11 Å². The summed E-state index contributed by atoms with van der Waals surface area (Å²) in [7, 11) is 0. The van der Waals surface area contributed by atoms with Crippen LogP contribution in [0.4, 0.5) is 0 Å². The quantitative estimate of drug-likeness (QED) is 0.437. The number of aliphatic hydroxyl groups is 1. The smallest absolute Gasteiger partial charge is 0 e. The van der Waals surface area contributed by atoms with Crippen molar-refractivity contribution >= 4 is 0 Å². The first-order valence-electron chi connectivity index (χ1n) is 1.37. The molecule has 31 valence electrons. The Morgan fingerprint density at radius 3 is 2.00 bits per heavy atom. The maximum Gasteiger partial charge on any atom is 0 e. The third-order valence-electron chi connectivity index (χ3n) is 0.183. The summed E-state index contributed by atoms with van der Waals surface area (Å²) in [4.78, 5) is 0. The number of hydrogen-bond acceptors (Lipinski definition) is 1. The average molecular weight is 152 g/mol. The van der Waals surface area contributed by atoms with Crippen LogP contribution in [0.5, 0.6) is 0 Å².